The van der Waals surface area contributed by atoms with E-state index in [1.54, 1.807) is 19.5 Å². The molecule has 0 aliphatic heterocycles. The van der Waals surface area contributed by atoms with E-state index in [0.717, 1.165) is 42.0 Å². The Hall–Kier alpha value is -2.36. The standard InChI is InChI=1S/C20H26N2O2/c1-5-22(11-8-17-6-9-21-10-7-17)20(23)14-18-12-16(3)19(24-4)13-15(18)2/h6-7,9-10,12-13H,5,8,11,14H2,1-4H3. The van der Waals surface area contributed by atoms with Crippen LogP contribution in [0.4, 0.5) is 0 Å². The number of methoxy groups -OCH3 is 1. The van der Waals surface area contributed by atoms with Crippen molar-refractivity contribution in [3.05, 3.63) is 58.9 Å². The Labute approximate surface area is 144 Å². The maximum atomic E-state index is 12.7. The summed E-state index contributed by atoms with van der Waals surface area (Å²) in [5.74, 6) is 1.04. The fourth-order valence-corrected chi connectivity index (χ4v) is 2.81. The zero-order valence-corrected chi connectivity index (χ0v) is 15.0. The third-order valence-corrected chi connectivity index (χ3v) is 4.35. The van der Waals surface area contributed by atoms with Crippen molar-refractivity contribution in [3.8, 4) is 5.75 Å². The van der Waals surface area contributed by atoms with Crippen LogP contribution in [0.25, 0.3) is 0 Å². The normalized spacial score (nSPS) is 10.5. The number of aromatic nitrogens is 1. The molecule has 4 nitrogen and oxygen atoms in total. The highest BCUT2D eigenvalue weighted by Crippen LogP contribution is 2.23. The van der Waals surface area contributed by atoms with Gasteiger partial charge in [-0.1, -0.05) is 6.07 Å². The van der Waals surface area contributed by atoms with Crippen LogP contribution in [0.3, 0.4) is 0 Å². The number of likely N-dealkylation sites (N-methyl/N-ethyl adjacent to an activating group) is 1. The van der Waals surface area contributed by atoms with Gasteiger partial charge in [0.25, 0.3) is 0 Å². The fraction of sp³-hybridized carbons (Fsp3) is 0.400. The second kappa shape index (κ2) is 8.48. The van der Waals surface area contributed by atoms with Gasteiger partial charge in [-0.15, -0.1) is 0 Å². The number of carbonyl (C=O) groups excluding carboxylic acids is 1. The van der Waals surface area contributed by atoms with Crippen molar-refractivity contribution in [2.45, 2.75) is 33.6 Å². The number of carbonyl (C=O) groups is 1. The highest BCUT2D eigenvalue weighted by atomic mass is 16.5. The third kappa shape index (κ3) is 4.57. The van der Waals surface area contributed by atoms with Gasteiger partial charge in [-0.2, -0.15) is 0 Å². The van der Waals surface area contributed by atoms with Crippen molar-refractivity contribution in [1.82, 2.24) is 9.88 Å². The monoisotopic (exact) mass is 326 g/mol. The summed E-state index contributed by atoms with van der Waals surface area (Å²) < 4.78 is 5.34. The highest BCUT2D eigenvalue weighted by molar-refractivity contribution is 5.79. The van der Waals surface area contributed by atoms with Crippen LogP contribution in [-0.4, -0.2) is 36.0 Å². The molecule has 1 aromatic carbocycles. The summed E-state index contributed by atoms with van der Waals surface area (Å²) in [6.45, 7) is 7.51. The Kier molecular flexibility index (Phi) is 6.36. The van der Waals surface area contributed by atoms with E-state index in [-0.39, 0.29) is 5.91 Å². The number of amides is 1. The van der Waals surface area contributed by atoms with Crippen molar-refractivity contribution in [2.24, 2.45) is 0 Å². The molecule has 1 aromatic heterocycles. The molecule has 1 amide bonds. The third-order valence-electron chi connectivity index (χ3n) is 4.35. The van der Waals surface area contributed by atoms with E-state index in [1.165, 1.54) is 5.56 Å². The van der Waals surface area contributed by atoms with E-state index in [1.807, 2.05) is 43.9 Å². The van der Waals surface area contributed by atoms with E-state index in [0.29, 0.717) is 6.42 Å². The summed E-state index contributed by atoms with van der Waals surface area (Å²) in [6, 6.07) is 8.05. The average Bonchev–Trinajstić information content (AvgIpc) is 2.59. The zero-order chi connectivity index (χ0) is 17.5. The van der Waals surface area contributed by atoms with Crippen molar-refractivity contribution < 1.29 is 9.53 Å². The predicted molar refractivity (Wildman–Crippen MR) is 96.4 cm³/mol. The SMILES string of the molecule is CCN(CCc1ccncc1)C(=O)Cc1cc(C)c(OC)cc1C. The molecule has 0 bridgehead atoms. The summed E-state index contributed by atoms with van der Waals surface area (Å²) in [5, 5.41) is 0. The minimum absolute atomic E-state index is 0.166. The summed E-state index contributed by atoms with van der Waals surface area (Å²) >= 11 is 0. The van der Waals surface area contributed by atoms with Crippen LogP contribution < -0.4 is 4.74 Å². The Bertz CT molecular complexity index is 684. The number of hydrogen-bond donors (Lipinski definition) is 0. The highest BCUT2D eigenvalue weighted by Gasteiger charge is 2.15. The zero-order valence-electron chi connectivity index (χ0n) is 15.0. The number of rotatable bonds is 7. The molecule has 128 valence electrons. The van der Waals surface area contributed by atoms with E-state index in [4.69, 9.17) is 4.74 Å². The van der Waals surface area contributed by atoms with Crippen LogP contribution in [0.5, 0.6) is 5.75 Å². The van der Waals surface area contributed by atoms with Crippen LogP contribution in [0.1, 0.15) is 29.2 Å². The quantitative estimate of drug-likeness (QED) is 0.784. The van der Waals surface area contributed by atoms with Gasteiger partial charge < -0.3 is 9.64 Å². The molecule has 2 aromatic rings. The Morgan fingerprint density at radius 2 is 1.88 bits per heavy atom. The number of pyridine rings is 1. The Balaban J connectivity index is 2.02. The second-order valence-electron chi connectivity index (χ2n) is 6.00. The summed E-state index contributed by atoms with van der Waals surface area (Å²) in [7, 11) is 1.67. The maximum absolute atomic E-state index is 12.7. The molecule has 0 fully saturated rings. The van der Waals surface area contributed by atoms with Gasteiger partial charge in [-0.05, 0) is 67.6 Å². The van der Waals surface area contributed by atoms with Gasteiger partial charge in [0.1, 0.15) is 5.75 Å². The molecule has 0 saturated heterocycles. The van der Waals surface area contributed by atoms with Gasteiger partial charge in [-0.25, -0.2) is 0 Å². The summed E-state index contributed by atoms with van der Waals surface area (Å²) in [6.07, 6.45) is 4.86. The largest absolute Gasteiger partial charge is 0.496 e. The minimum Gasteiger partial charge on any atom is -0.496 e. The molecule has 2 rings (SSSR count). The number of benzene rings is 1. The van der Waals surface area contributed by atoms with Crippen molar-refractivity contribution in [3.63, 3.8) is 0 Å². The molecular weight excluding hydrogens is 300 g/mol. The first-order chi connectivity index (χ1) is 11.5. The summed E-state index contributed by atoms with van der Waals surface area (Å²) in [5.41, 5.74) is 4.43. The minimum atomic E-state index is 0.166. The van der Waals surface area contributed by atoms with Crippen LogP contribution in [0.2, 0.25) is 0 Å². The molecule has 24 heavy (non-hydrogen) atoms. The van der Waals surface area contributed by atoms with E-state index < -0.39 is 0 Å². The predicted octanol–water partition coefficient (Wildman–Crippen LogP) is 3.34. The molecule has 0 radical (unpaired) electrons. The summed E-state index contributed by atoms with van der Waals surface area (Å²) in [4.78, 5) is 18.6. The molecule has 0 N–H and O–H groups in total. The van der Waals surface area contributed by atoms with Crippen molar-refractivity contribution in [1.29, 1.82) is 0 Å². The topological polar surface area (TPSA) is 42.4 Å². The maximum Gasteiger partial charge on any atom is 0.227 e. The van der Waals surface area contributed by atoms with E-state index >= 15 is 0 Å². The van der Waals surface area contributed by atoms with E-state index in [2.05, 4.69) is 11.1 Å². The van der Waals surface area contributed by atoms with Crippen LogP contribution in [-0.2, 0) is 17.6 Å². The smallest absolute Gasteiger partial charge is 0.227 e. The molecule has 0 spiro atoms. The average molecular weight is 326 g/mol. The lowest BCUT2D eigenvalue weighted by atomic mass is 10.0. The molecule has 0 atom stereocenters. The van der Waals surface area contributed by atoms with Crippen LogP contribution >= 0.6 is 0 Å². The van der Waals surface area contributed by atoms with Crippen molar-refractivity contribution in [2.75, 3.05) is 20.2 Å². The molecule has 0 aliphatic carbocycles. The van der Waals surface area contributed by atoms with Crippen molar-refractivity contribution >= 4 is 5.91 Å². The van der Waals surface area contributed by atoms with Gasteiger partial charge in [0.05, 0.1) is 13.5 Å². The number of aryl methyl sites for hydroxylation is 2. The number of hydrogen-bond acceptors (Lipinski definition) is 3. The Morgan fingerprint density at radius 3 is 2.50 bits per heavy atom. The number of nitrogens with zero attached hydrogens (tertiary/aromatic N) is 2. The molecule has 0 unspecified atom stereocenters. The number of ether oxygens (including phenoxy) is 1. The first-order valence-electron chi connectivity index (χ1n) is 8.36. The first-order valence-corrected chi connectivity index (χ1v) is 8.36. The van der Waals surface area contributed by atoms with Crippen LogP contribution in [0.15, 0.2) is 36.7 Å². The van der Waals surface area contributed by atoms with Gasteiger partial charge >= 0.3 is 0 Å². The lowest BCUT2D eigenvalue weighted by Crippen LogP contribution is -2.34. The molecule has 1 heterocycles. The molecule has 0 saturated carbocycles. The van der Waals surface area contributed by atoms with Gasteiger partial charge in [0, 0.05) is 25.5 Å². The van der Waals surface area contributed by atoms with Gasteiger partial charge in [0.15, 0.2) is 0 Å². The Morgan fingerprint density at radius 1 is 1.17 bits per heavy atom. The molecular formula is C20H26N2O2. The van der Waals surface area contributed by atoms with Gasteiger partial charge in [0.2, 0.25) is 5.91 Å². The molecule has 4 heteroatoms. The fourth-order valence-electron chi connectivity index (χ4n) is 2.81. The van der Waals surface area contributed by atoms with Crippen LogP contribution in [0, 0.1) is 13.8 Å². The molecule has 0 aliphatic rings. The lowest BCUT2D eigenvalue weighted by Gasteiger charge is -2.22. The second-order valence-corrected chi connectivity index (χ2v) is 6.00. The first kappa shape index (κ1) is 18.0. The van der Waals surface area contributed by atoms with Gasteiger partial charge in [-0.3, -0.25) is 9.78 Å². The van der Waals surface area contributed by atoms with E-state index in [9.17, 15) is 4.79 Å². The lowest BCUT2D eigenvalue weighted by molar-refractivity contribution is -0.130.